The summed E-state index contributed by atoms with van der Waals surface area (Å²) in [5, 5.41) is 9.15. The van der Waals surface area contributed by atoms with Gasteiger partial charge >= 0.3 is 5.97 Å². The summed E-state index contributed by atoms with van der Waals surface area (Å²) in [4.78, 5) is 25.5. The number of carboxylic acids is 1. The average molecular weight is 392 g/mol. The van der Waals surface area contributed by atoms with E-state index in [-0.39, 0.29) is 23.5 Å². The molecule has 1 aliphatic heterocycles. The molecule has 8 atom stereocenters. The van der Waals surface area contributed by atoms with E-state index in [1.165, 1.54) is 19.3 Å². The van der Waals surface area contributed by atoms with Gasteiger partial charge in [-0.3, -0.25) is 4.79 Å². The van der Waals surface area contributed by atoms with Crippen LogP contribution in [-0.2, 0) is 14.3 Å². The third kappa shape index (κ3) is 2.83. The summed E-state index contributed by atoms with van der Waals surface area (Å²) < 4.78 is 6.03. The number of fused-ring (bicyclic) bond motifs is 5. The quantitative estimate of drug-likeness (QED) is 0.788. The monoisotopic (exact) mass is 391 g/mol. The maximum Gasteiger partial charge on any atom is 0.329 e. The van der Waals surface area contributed by atoms with Gasteiger partial charge in [0.15, 0.2) is 0 Å². The molecule has 1 heterocycles. The van der Waals surface area contributed by atoms with Crippen LogP contribution >= 0.6 is 0 Å². The van der Waals surface area contributed by atoms with E-state index in [1.54, 1.807) is 0 Å². The van der Waals surface area contributed by atoms with Crippen LogP contribution in [0.5, 0.6) is 0 Å². The zero-order chi connectivity index (χ0) is 20.3. The second-order valence-corrected chi connectivity index (χ2v) is 10.6. The molecule has 1 N–H and O–H groups in total. The molecule has 4 aliphatic rings. The van der Waals surface area contributed by atoms with Crippen molar-refractivity contribution in [1.82, 2.24) is 4.90 Å². The van der Waals surface area contributed by atoms with Crippen LogP contribution in [0.25, 0.3) is 0 Å². The normalized spacial score (nSPS) is 48.0. The van der Waals surface area contributed by atoms with Crippen LogP contribution in [0.4, 0.5) is 0 Å². The number of likely N-dealkylation sites (tertiary alicyclic amines) is 1. The van der Waals surface area contributed by atoms with Gasteiger partial charge in [-0.2, -0.15) is 0 Å². The largest absolute Gasteiger partial charge is 0.480 e. The molecule has 3 saturated carbocycles. The number of hydrogen-bond acceptors (Lipinski definition) is 3. The molecule has 0 radical (unpaired) electrons. The Labute approximate surface area is 169 Å². The van der Waals surface area contributed by atoms with Crippen LogP contribution in [0, 0.1) is 34.5 Å². The molecule has 5 nitrogen and oxygen atoms in total. The first-order valence-electron chi connectivity index (χ1n) is 11.3. The Kier molecular flexibility index (Phi) is 5.05. The first-order valence-corrected chi connectivity index (χ1v) is 11.3. The van der Waals surface area contributed by atoms with Crippen molar-refractivity contribution in [3.63, 3.8) is 0 Å². The average Bonchev–Trinajstić information content (AvgIpc) is 2.95. The van der Waals surface area contributed by atoms with Gasteiger partial charge in [0, 0.05) is 19.5 Å². The minimum Gasteiger partial charge on any atom is -0.480 e. The van der Waals surface area contributed by atoms with Crippen molar-refractivity contribution >= 4 is 11.9 Å². The summed E-state index contributed by atoms with van der Waals surface area (Å²) in [6, 6.07) is 0.391. The number of ether oxygens (including phenoxy) is 1. The fourth-order valence-corrected chi connectivity index (χ4v) is 8.15. The number of aliphatic carboxylic acids is 1. The Hall–Kier alpha value is -1.10. The summed E-state index contributed by atoms with van der Waals surface area (Å²) in [7, 11) is 2.01. The summed E-state index contributed by atoms with van der Waals surface area (Å²) in [6.45, 7) is 6.87. The second kappa shape index (κ2) is 7.00. The number of carboxylic acid groups (broad SMARTS) is 1. The van der Waals surface area contributed by atoms with Crippen LogP contribution in [0.2, 0.25) is 0 Å². The molecular formula is C23H37NO4. The number of nitrogens with zero attached hydrogens (tertiary/aromatic N) is 1. The van der Waals surface area contributed by atoms with Crippen molar-refractivity contribution in [2.75, 3.05) is 13.7 Å². The molecule has 0 aromatic rings. The standard InChI is InChI=1S/C23H37NO4/c1-5-14-12-17-15-6-7-18-22(2,11-9-19(25)24(18)4)16(15)8-10-23(17,3)21(14)28-13-20(26)27/h14-18,21H,5-13H2,1-4H3,(H,26,27)/t14-,15?,16?,17?,18+,21-,22+,23-/m0/s1. The summed E-state index contributed by atoms with van der Waals surface area (Å²) in [6.07, 6.45) is 8.65. The zero-order valence-electron chi connectivity index (χ0n) is 17.9. The lowest BCUT2D eigenvalue weighted by Crippen LogP contribution is -2.61. The highest BCUT2D eigenvalue weighted by Gasteiger charge is 2.63. The van der Waals surface area contributed by atoms with E-state index in [1.807, 2.05) is 7.05 Å². The van der Waals surface area contributed by atoms with E-state index in [0.717, 1.165) is 25.7 Å². The molecule has 0 aromatic carbocycles. The Morgan fingerprint density at radius 2 is 1.93 bits per heavy atom. The molecule has 4 fully saturated rings. The molecule has 4 rings (SSSR count). The third-order valence-corrected chi connectivity index (χ3v) is 9.54. The molecule has 1 amide bonds. The van der Waals surface area contributed by atoms with E-state index >= 15 is 0 Å². The minimum absolute atomic E-state index is 0.0701. The SMILES string of the molecule is CC[C@H]1CC2C3CC[C@H]4N(C)C(=O)CC[C@]4(C)C3CC[C@]2(C)[C@H]1OCC(=O)O. The van der Waals surface area contributed by atoms with Crippen LogP contribution in [0.15, 0.2) is 0 Å². The molecule has 3 unspecified atom stereocenters. The number of hydrogen-bond donors (Lipinski definition) is 1. The molecule has 0 aromatic heterocycles. The van der Waals surface area contributed by atoms with Gasteiger partial charge in [-0.15, -0.1) is 0 Å². The Morgan fingerprint density at radius 3 is 2.61 bits per heavy atom. The summed E-state index contributed by atoms with van der Waals surface area (Å²) in [5.41, 5.74) is 0.325. The van der Waals surface area contributed by atoms with E-state index in [4.69, 9.17) is 9.84 Å². The van der Waals surface area contributed by atoms with Gasteiger partial charge < -0.3 is 14.7 Å². The maximum atomic E-state index is 12.3. The number of carbonyl (C=O) groups excluding carboxylic acids is 1. The van der Waals surface area contributed by atoms with E-state index in [0.29, 0.717) is 42.0 Å². The van der Waals surface area contributed by atoms with E-state index < -0.39 is 5.97 Å². The second-order valence-electron chi connectivity index (χ2n) is 10.6. The minimum atomic E-state index is -0.862. The van der Waals surface area contributed by atoms with Crippen molar-refractivity contribution in [3.8, 4) is 0 Å². The van der Waals surface area contributed by atoms with Crippen molar-refractivity contribution in [2.45, 2.75) is 84.3 Å². The summed E-state index contributed by atoms with van der Waals surface area (Å²) >= 11 is 0. The van der Waals surface area contributed by atoms with Crippen LogP contribution in [0.1, 0.15) is 72.1 Å². The molecule has 1 saturated heterocycles. The van der Waals surface area contributed by atoms with Gasteiger partial charge in [0.1, 0.15) is 6.61 Å². The van der Waals surface area contributed by atoms with E-state index in [2.05, 4.69) is 25.7 Å². The molecule has 28 heavy (non-hydrogen) atoms. The third-order valence-electron chi connectivity index (χ3n) is 9.54. The van der Waals surface area contributed by atoms with Gasteiger partial charge in [0.2, 0.25) is 5.91 Å². The van der Waals surface area contributed by atoms with Crippen LogP contribution in [0.3, 0.4) is 0 Å². The van der Waals surface area contributed by atoms with E-state index in [9.17, 15) is 9.59 Å². The topological polar surface area (TPSA) is 66.8 Å². The Balaban J connectivity index is 1.60. The van der Waals surface area contributed by atoms with Gasteiger partial charge in [-0.05, 0) is 73.0 Å². The van der Waals surface area contributed by atoms with Gasteiger partial charge in [0.05, 0.1) is 6.10 Å². The zero-order valence-corrected chi connectivity index (χ0v) is 17.9. The molecule has 0 spiro atoms. The fourth-order valence-electron chi connectivity index (χ4n) is 8.15. The summed E-state index contributed by atoms with van der Waals surface area (Å²) in [5.74, 6) is 1.91. The molecule has 5 heteroatoms. The number of carbonyl (C=O) groups is 2. The van der Waals surface area contributed by atoms with Crippen LogP contribution < -0.4 is 0 Å². The molecule has 158 valence electrons. The highest BCUT2D eigenvalue weighted by Crippen LogP contribution is 2.66. The van der Waals surface area contributed by atoms with Crippen molar-refractivity contribution in [2.24, 2.45) is 34.5 Å². The Bertz CT molecular complexity index is 651. The molecule has 3 aliphatic carbocycles. The smallest absolute Gasteiger partial charge is 0.329 e. The molecule has 0 bridgehead atoms. The maximum absolute atomic E-state index is 12.3. The fraction of sp³-hybridized carbons (Fsp3) is 0.913. The van der Waals surface area contributed by atoms with Crippen molar-refractivity contribution in [1.29, 1.82) is 0 Å². The first-order chi connectivity index (χ1) is 13.2. The predicted octanol–water partition coefficient (Wildman–Crippen LogP) is 3.96. The Morgan fingerprint density at radius 1 is 1.18 bits per heavy atom. The highest BCUT2D eigenvalue weighted by atomic mass is 16.5. The number of piperidine rings is 1. The van der Waals surface area contributed by atoms with Crippen LogP contribution in [-0.4, -0.2) is 47.7 Å². The predicted molar refractivity (Wildman–Crippen MR) is 107 cm³/mol. The van der Waals surface area contributed by atoms with Gasteiger partial charge in [0.25, 0.3) is 0 Å². The lowest BCUT2D eigenvalue weighted by molar-refractivity contribution is -0.166. The highest BCUT2D eigenvalue weighted by molar-refractivity contribution is 5.77. The number of amides is 1. The number of rotatable bonds is 4. The lowest BCUT2D eigenvalue weighted by atomic mass is 9.47. The van der Waals surface area contributed by atoms with Crippen molar-refractivity contribution < 1.29 is 19.4 Å². The first kappa shape index (κ1) is 20.2. The lowest BCUT2D eigenvalue weighted by Gasteiger charge is -2.61. The van der Waals surface area contributed by atoms with Gasteiger partial charge in [-0.25, -0.2) is 4.79 Å². The van der Waals surface area contributed by atoms with Crippen molar-refractivity contribution in [3.05, 3.63) is 0 Å². The van der Waals surface area contributed by atoms with Gasteiger partial charge in [-0.1, -0.05) is 27.2 Å². The molecular weight excluding hydrogens is 354 g/mol.